The molecule has 0 radical (unpaired) electrons. The zero-order valence-corrected chi connectivity index (χ0v) is 21.1. The minimum absolute atomic E-state index is 0.205. The van der Waals surface area contributed by atoms with Crippen molar-refractivity contribution in [2.75, 3.05) is 12.0 Å². The molecule has 178 valence electrons. The van der Waals surface area contributed by atoms with Crippen molar-refractivity contribution < 1.29 is 9.13 Å². The van der Waals surface area contributed by atoms with Gasteiger partial charge in [-0.05, 0) is 92.3 Å². The van der Waals surface area contributed by atoms with E-state index >= 15 is 0 Å². The van der Waals surface area contributed by atoms with Gasteiger partial charge in [0.2, 0.25) is 0 Å². The zero-order valence-electron chi connectivity index (χ0n) is 19.5. The maximum atomic E-state index is 13.7. The van der Waals surface area contributed by atoms with E-state index in [9.17, 15) is 4.39 Å². The molecule has 5 nitrogen and oxygen atoms in total. The first-order chi connectivity index (χ1) is 16.9. The van der Waals surface area contributed by atoms with Crippen LogP contribution in [0, 0.1) is 19.7 Å². The number of nitrogens with zero attached hydrogens (tertiary/aromatic N) is 3. The normalized spacial score (nSPS) is 17.5. The molecule has 2 atom stereocenters. The number of benzene rings is 2. The third kappa shape index (κ3) is 4.15. The van der Waals surface area contributed by atoms with Crippen LogP contribution in [-0.2, 0) is 0 Å². The maximum absolute atomic E-state index is 13.7. The molecule has 1 aliphatic rings. The first-order valence-corrected chi connectivity index (χ1v) is 12.0. The molecule has 0 saturated carbocycles. The largest absolute Gasteiger partial charge is 0.495 e. The van der Waals surface area contributed by atoms with Crippen LogP contribution in [0.25, 0.3) is 5.69 Å². The van der Waals surface area contributed by atoms with Crippen molar-refractivity contribution in [2.45, 2.75) is 25.9 Å². The lowest BCUT2D eigenvalue weighted by molar-refractivity contribution is 0.412. The zero-order chi connectivity index (χ0) is 24.7. The minimum atomic E-state index is -0.295. The fourth-order valence-electron chi connectivity index (χ4n) is 4.85. The van der Waals surface area contributed by atoms with E-state index in [-0.39, 0.29) is 17.9 Å². The second kappa shape index (κ2) is 9.32. The molecule has 1 saturated heterocycles. The minimum Gasteiger partial charge on any atom is -0.495 e. The van der Waals surface area contributed by atoms with Crippen LogP contribution in [0.5, 0.6) is 5.75 Å². The summed E-state index contributed by atoms with van der Waals surface area (Å²) in [5.74, 6) is 0.426. The van der Waals surface area contributed by atoms with Crippen molar-refractivity contribution in [1.29, 1.82) is 0 Å². The van der Waals surface area contributed by atoms with Gasteiger partial charge in [0.05, 0.1) is 30.6 Å². The molecule has 0 spiro atoms. The highest BCUT2D eigenvalue weighted by Gasteiger charge is 2.42. The average Bonchev–Trinajstić information content (AvgIpc) is 3.35. The number of pyridine rings is 1. The van der Waals surface area contributed by atoms with E-state index in [1.807, 2.05) is 41.3 Å². The molecule has 1 fully saturated rings. The van der Waals surface area contributed by atoms with Gasteiger partial charge in [0, 0.05) is 28.3 Å². The Morgan fingerprint density at radius 1 is 1.06 bits per heavy atom. The Kier molecular flexibility index (Phi) is 6.21. The molecule has 4 aromatic rings. The number of hydrogen-bond donors (Lipinski definition) is 1. The predicted molar refractivity (Wildman–Crippen MR) is 141 cm³/mol. The monoisotopic (exact) mass is 506 g/mol. The van der Waals surface area contributed by atoms with Crippen molar-refractivity contribution in [3.8, 4) is 11.4 Å². The van der Waals surface area contributed by atoms with Crippen LogP contribution in [0.15, 0.2) is 72.9 Å². The third-order valence-corrected chi connectivity index (χ3v) is 6.92. The number of aromatic nitrogens is 2. The first kappa shape index (κ1) is 23.3. The fraction of sp³-hybridized carbons (Fsp3) is 0.185. The number of ether oxygens (including phenoxy) is 1. The number of halogens is 2. The van der Waals surface area contributed by atoms with Gasteiger partial charge in [0.1, 0.15) is 11.6 Å². The van der Waals surface area contributed by atoms with Gasteiger partial charge in [-0.25, -0.2) is 4.39 Å². The van der Waals surface area contributed by atoms with Crippen molar-refractivity contribution in [1.82, 2.24) is 14.9 Å². The van der Waals surface area contributed by atoms with Gasteiger partial charge in [-0.3, -0.25) is 4.98 Å². The van der Waals surface area contributed by atoms with Gasteiger partial charge in [-0.1, -0.05) is 17.7 Å². The Hall–Kier alpha value is -3.42. The van der Waals surface area contributed by atoms with E-state index in [0.29, 0.717) is 10.1 Å². The van der Waals surface area contributed by atoms with E-state index in [1.165, 1.54) is 12.1 Å². The molecule has 35 heavy (non-hydrogen) atoms. The standard InChI is InChI=1S/C27H24ClFN4OS/c1-16-14-21(17(2)32(16)23-15-18(28)7-12-24(23)34-3)26-25(22-6-4-5-13-30-22)31-27(35)33(26)20-10-8-19(29)9-11-20/h4-15,25-26H,1-3H3,(H,31,35)/t25-,26+/m1/s1. The molecule has 0 aliphatic carbocycles. The average molecular weight is 507 g/mol. The van der Waals surface area contributed by atoms with Crippen LogP contribution in [-0.4, -0.2) is 21.8 Å². The van der Waals surface area contributed by atoms with E-state index in [0.717, 1.165) is 39.8 Å². The third-order valence-electron chi connectivity index (χ3n) is 6.37. The smallest absolute Gasteiger partial charge is 0.174 e. The Bertz CT molecular complexity index is 1390. The lowest BCUT2D eigenvalue weighted by Gasteiger charge is -2.28. The molecule has 0 unspecified atom stereocenters. The fourth-order valence-corrected chi connectivity index (χ4v) is 5.36. The van der Waals surface area contributed by atoms with Gasteiger partial charge in [0.25, 0.3) is 0 Å². The molecule has 2 aromatic heterocycles. The highest BCUT2D eigenvalue weighted by Crippen LogP contribution is 2.44. The summed E-state index contributed by atoms with van der Waals surface area (Å²) in [5.41, 5.74) is 5.64. The number of hydrogen-bond acceptors (Lipinski definition) is 3. The Morgan fingerprint density at radius 2 is 1.83 bits per heavy atom. The van der Waals surface area contributed by atoms with Crippen molar-refractivity contribution in [3.63, 3.8) is 0 Å². The van der Waals surface area contributed by atoms with Crippen molar-refractivity contribution in [3.05, 3.63) is 106 Å². The summed E-state index contributed by atoms with van der Waals surface area (Å²) < 4.78 is 21.5. The molecule has 1 N–H and O–H groups in total. The lowest BCUT2D eigenvalue weighted by Crippen LogP contribution is -2.29. The van der Waals surface area contributed by atoms with Crippen LogP contribution in [0.2, 0.25) is 5.02 Å². The maximum Gasteiger partial charge on any atom is 0.174 e. The molecule has 0 amide bonds. The van der Waals surface area contributed by atoms with Crippen LogP contribution in [0.3, 0.4) is 0 Å². The summed E-state index contributed by atoms with van der Waals surface area (Å²) in [6.45, 7) is 4.12. The van der Waals surface area contributed by atoms with E-state index in [1.54, 1.807) is 25.4 Å². The van der Waals surface area contributed by atoms with Crippen LogP contribution < -0.4 is 15.0 Å². The van der Waals surface area contributed by atoms with Gasteiger partial charge >= 0.3 is 0 Å². The molecule has 2 aromatic carbocycles. The Labute approximate surface area is 214 Å². The van der Waals surface area contributed by atoms with E-state index in [2.05, 4.69) is 34.8 Å². The summed E-state index contributed by atoms with van der Waals surface area (Å²) >= 11 is 12.1. The van der Waals surface area contributed by atoms with Crippen LogP contribution >= 0.6 is 23.8 Å². The molecule has 8 heteroatoms. The molecule has 0 bridgehead atoms. The van der Waals surface area contributed by atoms with Gasteiger partial charge < -0.3 is 19.5 Å². The second-order valence-corrected chi connectivity index (χ2v) is 9.27. The summed E-state index contributed by atoms with van der Waals surface area (Å²) in [4.78, 5) is 6.65. The van der Waals surface area contributed by atoms with Crippen LogP contribution in [0.4, 0.5) is 10.1 Å². The topological polar surface area (TPSA) is 42.3 Å². The number of rotatable bonds is 5. The number of anilines is 1. The molecule has 5 rings (SSSR count). The summed E-state index contributed by atoms with van der Waals surface area (Å²) in [6, 6.07) is 19.5. The predicted octanol–water partition coefficient (Wildman–Crippen LogP) is 6.47. The first-order valence-electron chi connectivity index (χ1n) is 11.2. The Balaban J connectivity index is 1.70. The number of aryl methyl sites for hydroxylation is 1. The lowest BCUT2D eigenvalue weighted by atomic mass is 9.96. The quantitative estimate of drug-likeness (QED) is 0.314. The van der Waals surface area contributed by atoms with Crippen molar-refractivity contribution >= 4 is 34.6 Å². The SMILES string of the molecule is COc1ccc(Cl)cc1-n1c(C)cc([C@H]2[C@@H](c3ccccn3)NC(=S)N2c2ccc(F)cc2)c1C. The van der Waals surface area contributed by atoms with Gasteiger partial charge in [-0.2, -0.15) is 0 Å². The van der Waals surface area contributed by atoms with Gasteiger partial charge in [-0.15, -0.1) is 0 Å². The molecule has 3 heterocycles. The van der Waals surface area contributed by atoms with Gasteiger partial charge in [0.15, 0.2) is 5.11 Å². The Morgan fingerprint density at radius 3 is 2.51 bits per heavy atom. The van der Waals surface area contributed by atoms with Crippen LogP contribution in [0.1, 0.15) is 34.7 Å². The summed E-state index contributed by atoms with van der Waals surface area (Å²) in [5, 5.41) is 4.64. The van der Waals surface area contributed by atoms with Crippen molar-refractivity contribution in [2.24, 2.45) is 0 Å². The molecular weight excluding hydrogens is 483 g/mol. The highest BCUT2D eigenvalue weighted by atomic mass is 35.5. The second-order valence-electron chi connectivity index (χ2n) is 8.45. The number of thiocarbonyl (C=S) groups is 1. The molecular formula is C27H24ClFN4OS. The highest BCUT2D eigenvalue weighted by molar-refractivity contribution is 7.80. The number of nitrogens with one attached hydrogen (secondary N) is 1. The van der Waals surface area contributed by atoms with E-state index in [4.69, 9.17) is 28.6 Å². The van der Waals surface area contributed by atoms with E-state index < -0.39 is 0 Å². The summed E-state index contributed by atoms with van der Waals surface area (Å²) in [6.07, 6.45) is 1.78. The number of methoxy groups -OCH3 is 1. The summed E-state index contributed by atoms with van der Waals surface area (Å²) in [7, 11) is 1.65. The molecule has 1 aliphatic heterocycles.